The van der Waals surface area contributed by atoms with Crippen molar-refractivity contribution in [3.63, 3.8) is 0 Å². The van der Waals surface area contributed by atoms with Crippen LogP contribution in [0.3, 0.4) is 0 Å². The third kappa shape index (κ3) is 0.835. The zero-order chi connectivity index (χ0) is 7.84. The van der Waals surface area contributed by atoms with Crippen LogP contribution < -0.4 is 0 Å². The minimum Gasteiger partial charge on any atom is -0.198 e. The van der Waals surface area contributed by atoms with Gasteiger partial charge < -0.3 is 0 Å². The Hall–Kier alpha value is -1.28. The molecule has 0 saturated heterocycles. The number of allylic oxidation sites excluding steroid dienone is 2. The first-order valence-electron chi connectivity index (χ1n) is 3.84. The van der Waals surface area contributed by atoms with Crippen LogP contribution in [-0.2, 0) is 0 Å². The normalized spacial score (nSPS) is 38.7. The number of fused-ring (bicyclic) bond motifs is 1. The van der Waals surface area contributed by atoms with Gasteiger partial charge in [0, 0.05) is 6.08 Å². The molecule has 0 aromatic heterocycles. The van der Waals surface area contributed by atoms with E-state index in [1.54, 1.807) is 6.08 Å². The van der Waals surface area contributed by atoms with E-state index in [1.165, 1.54) is 5.57 Å². The molecule has 2 rings (SSSR count). The zero-order valence-corrected chi connectivity index (χ0v) is 6.12. The van der Waals surface area contributed by atoms with Crippen molar-refractivity contribution in [2.45, 2.75) is 12.8 Å². The highest BCUT2D eigenvalue weighted by Gasteiger charge is 2.54. The molecule has 0 aliphatic heterocycles. The maximum atomic E-state index is 8.59. The first-order chi connectivity index (χ1) is 5.36. The second-order valence-electron chi connectivity index (χ2n) is 3.32. The molecule has 0 radical (unpaired) electrons. The largest absolute Gasteiger partial charge is 0.198 e. The van der Waals surface area contributed by atoms with Gasteiger partial charge in [-0.25, -0.2) is 0 Å². The van der Waals surface area contributed by atoms with Crippen molar-refractivity contribution in [2.75, 3.05) is 0 Å². The Balaban J connectivity index is 2.02. The average molecular weight is 144 g/mol. The molecule has 54 valence electrons. The minimum absolute atomic E-state index is 0.311. The lowest BCUT2D eigenvalue weighted by molar-refractivity contribution is 0.788. The molecule has 2 unspecified atom stereocenters. The van der Waals surface area contributed by atoms with Crippen LogP contribution in [0.15, 0.2) is 11.6 Å². The summed E-state index contributed by atoms with van der Waals surface area (Å²) in [5.74, 6) is 1.50. The number of nitriles is 2. The van der Waals surface area contributed by atoms with Gasteiger partial charge in [-0.1, -0.05) is 5.57 Å². The topological polar surface area (TPSA) is 47.6 Å². The van der Waals surface area contributed by atoms with Gasteiger partial charge in [0.05, 0.1) is 18.1 Å². The Labute approximate surface area is 65.7 Å². The van der Waals surface area contributed by atoms with Gasteiger partial charge in [0.15, 0.2) is 0 Å². The number of nitrogens with zero attached hydrogens (tertiary/aromatic N) is 2. The predicted octanol–water partition coefficient (Wildman–Crippen LogP) is 1.62. The molecule has 2 aliphatic carbocycles. The summed E-state index contributed by atoms with van der Waals surface area (Å²) in [5.41, 5.74) is 1.24. The fraction of sp³-hybridized carbons (Fsp3) is 0.556. The second-order valence-corrected chi connectivity index (χ2v) is 3.32. The monoisotopic (exact) mass is 144 g/mol. The summed E-state index contributed by atoms with van der Waals surface area (Å²) < 4.78 is 0. The number of rotatable bonds is 0. The molecular weight excluding hydrogens is 136 g/mol. The van der Waals surface area contributed by atoms with Gasteiger partial charge in [-0.2, -0.15) is 10.5 Å². The molecule has 0 aromatic carbocycles. The third-order valence-electron chi connectivity index (χ3n) is 2.75. The van der Waals surface area contributed by atoms with Crippen molar-refractivity contribution in [3.8, 4) is 12.1 Å². The van der Waals surface area contributed by atoms with Crippen LogP contribution in [-0.4, -0.2) is 0 Å². The van der Waals surface area contributed by atoms with E-state index in [4.69, 9.17) is 10.5 Å². The van der Waals surface area contributed by atoms with E-state index in [1.807, 2.05) is 6.07 Å². The van der Waals surface area contributed by atoms with Crippen LogP contribution in [0.5, 0.6) is 0 Å². The van der Waals surface area contributed by atoms with E-state index in [0.717, 1.165) is 12.8 Å². The van der Waals surface area contributed by atoms with Crippen molar-refractivity contribution < 1.29 is 0 Å². The summed E-state index contributed by atoms with van der Waals surface area (Å²) in [5, 5.41) is 17.0. The van der Waals surface area contributed by atoms with Crippen molar-refractivity contribution in [2.24, 2.45) is 17.8 Å². The quantitative estimate of drug-likeness (QED) is 0.485. The van der Waals surface area contributed by atoms with E-state index in [0.29, 0.717) is 17.8 Å². The summed E-state index contributed by atoms with van der Waals surface area (Å²) in [6, 6.07) is 4.33. The lowest BCUT2D eigenvalue weighted by Gasteiger charge is -1.95. The van der Waals surface area contributed by atoms with Crippen LogP contribution in [0.25, 0.3) is 0 Å². The lowest BCUT2D eigenvalue weighted by Crippen LogP contribution is -1.85. The molecule has 2 fully saturated rings. The molecule has 0 amide bonds. The van der Waals surface area contributed by atoms with Crippen LogP contribution >= 0.6 is 0 Å². The van der Waals surface area contributed by atoms with Crippen LogP contribution in [0.2, 0.25) is 0 Å². The maximum absolute atomic E-state index is 8.59. The molecule has 2 atom stereocenters. The van der Waals surface area contributed by atoms with E-state index >= 15 is 0 Å². The summed E-state index contributed by atoms with van der Waals surface area (Å²) >= 11 is 0. The molecule has 0 heterocycles. The molecule has 0 bridgehead atoms. The fourth-order valence-electron chi connectivity index (χ4n) is 2.09. The Morgan fingerprint density at radius 2 is 1.91 bits per heavy atom. The Kier molecular flexibility index (Phi) is 1.23. The summed E-state index contributed by atoms with van der Waals surface area (Å²) in [4.78, 5) is 0. The fourth-order valence-corrected chi connectivity index (χ4v) is 2.09. The Bertz CT molecular complexity index is 276. The van der Waals surface area contributed by atoms with Crippen molar-refractivity contribution in [1.82, 2.24) is 0 Å². The molecule has 2 saturated carbocycles. The molecule has 0 N–H and O–H groups in total. The highest BCUT2D eigenvalue weighted by molar-refractivity contribution is 5.27. The smallest absolute Gasteiger partial charge is 0.0911 e. The SMILES string of the molecule is N#CC=C1CC2C(C#N)C2C1. The van der Waals surface area contributed by atoms with Crippen molar-refractivity contribution in [1.29, 1.82) is 10.5 Å². The molecule has 11 heavy (non-hydrogen) atoms. The zero-order valence-electron chi connectivity index (χ0n) is 6.12. The summed E-state index contributed by atoms with van der Waals surface area (Å²) in [6.07, 6.45) is 3.63. The highest BCUT2D eigenvalue weighted by atomic mass is 14.6. The van der Waals surface area contributed by atoms with Crippen molar-refractivity contribution >= 4 is 0 Å². The number of hydrogen-bond donors (Lipinski definition) is 0. The van der Waals surface area contributed by atoms with Crippen molar-refractivity contribution in [3.05, 3.63) is 11.6 Å². The van der Waals surface area contributed by atoms with Crippen LogP contribution in [0.1, 0.15) is 12.8 Å². The van der Waals surface area contributed by atoms with Crippen LogP contribution in [0.4, 0.5) is 0 Å². The Morgan fingerprint density at radius 3 is 2.36 bits per heavy atom. The van der Waals surface area contributed by atoms with Crippen LogP contribution in [0, 0.1) is 40.4 Å². The van der Waals surface area contributed by atoms with Gasteiger partial charge in [0.25, 0.3) is 0 Å². The van der Waals surface area contributed by atoms with Gasteiger partial charge in [-0.3, -0.25) is 0 Å². The van der Waals surface area contributed by atoms with E-state index < -0.39 is 0 Å². The molecule has 0 aromatic rings. The number of hydrogen-bond acceptors (Lipinski definition) is 2. The van der Waals surface area contributed by atoms with Gasteiger partial charge >= 0.3 is 0 Å². The molecule has 2 heteroatoms. The van der Waals surface area contributed by atoms with Gasteiger partial charge in [0.2, 0.25) is 0 Å². The lowest BCUT2D eigenvalue weighted by atomic mass is 10.1. The average Bonchev–Trinajstić information content (AvgIpc) is 2.47. The van der Waals surface area contributed by atoms with Gasteiger partial charge in [-0.05, 0) is 24.7 Å². The predicted molar refractivity (Wildman–Crippen MR) is 39.0 cm³/mol. The maximum Gasteiger partial charge on any atom is 0.0911 e. The van der Waals surface area contributed by atoms with E-state index in [2.05, 4.69) is 6.07 Å². The standard InChI is InChI=1S/C9H8N2/c10-2-1-6-3-7-8(4-6)9(7)5-11/h1,7-9H,3-4H2. The molecule has 2 aliphatic rings. The summed E-state index contributed by atoms with van der Waals surface area (Å²) in [6.45, 7) is 0. The highest BCUT2D eigenvalue weighted by Crippen LogP contribution is 2.58. The molecular formula is C9H8N2. The van der Waals surface area contributed by atoms with Gasteiger partial charge in [0.1, 0.15) is 0 Å². The first-order valence-corrected chi connectivity index (χ1v) is 3.84. The van der Waals surface area contributed by atoms with E-state index in [9.17, 15) is 0 Å². The second kappa shape index (κ2) is 2.10. The van der Waals surface area contributed by atoms with Gasteiger partial charge in [-0.15, -0.1) is 0 Å². The Morgan fingerprint density at radius 1 is 1.27 bits per heavy atom. The van der Waals surface area contributed by atoms with E-state index in [-0.39, 0.29) is 0 Å². The third-order valence-corrected chi connectivity index (χ3v) is 2.75. The molecule has 2 nitrogen and oxygen atoms in total. The minimum atomic E-state index is 0.311. The first kappa shape index (κ1) is 6.43. The summed E-state index contributed by atoms with van der Waals surface area (Å²) in [7, 11) is 0. The molecule has 0 spiro atoms.